The number of nitriles is 1. The minimum atomic E-state index is 0.502. The lowest BCUT2D eigenvalue weighted by molar-refractivity contribution is 1.19. The Morgan fingerprint density at radius 1 is 1.28 bits per heavy atom. The van der Waals surface area contributed by atoms with Crippen molar-refractivity contribution in [2.24, 2.45) is 5.73 Å². The molecule has 1 heterocycles. The van der Waals surface area contributed by atoms with Gasteiger partial charge < -0.3 is 5.73 Å². The predicted octanol–water partition coefficient (Wildman–Crippen LogP) is 3.11. The van der Waals surface area contributed by atoms with E-state index in [0.29, 0.717) is 11.3 Å². The van der Waals surface area contributed by atoms with Crippen LogP contribution < -0.4 is 5.73 Å². The van der Waals surface area contributed by atoms with Gasteiger partial charge in [0.1, 0.15) is 6.07 Å². The van der Waals surface area contributed by atoms with E-state index in [2.05, 4.69) is 11.1 Å². The maximum absolute atomic E-state index is 9.31. The Morgan fingerprint density at radius 3 is 2.44 bits per heavy atom. The highest BCUT2D eigenvalue weighted by molar-refractivity contribution is 7.12. The van der Waals surface area contributed by atoms with Gasteiger partial charge in [-0.2, -0.15) is 5.26 Å². The van der Waals surface area contributed by atoms with E-state index in [0.717, 1.165) is 21.1 Å². The third-order valence-corrected chi connectivity index (χ3v) is 3.70. The normalized spacial score (nSPS) is 11.8. The van der Waals surface area contributed by atoms with Crippen LogP contribution in [0, 0.1) is 25.2 Å². The van der Waals surface area contributed by atoms with E-state index in [4.69, 9.17) is 5.73 Å². The molecule has 0 atom stereocenters. The summed E-state index contributed by atoms with van der Waals surface area (Å²) in [4.78, 5) is 5.22. The maximum Gasteiger partial charge on any atom is 0.102 e. The fraction of sp³-hybridized carbons (Fsp3) is 0.143. The molecule has 2 N–H and O–H groups in total. The number of aryl methyl sites for hydroxylation is 2. The first-order valence-corrected chi connectivity index (χ1v) is 6.34. The van der Waals surface area contributed by atoms with Crippen LogP contribution in [-0.4, -0.2) is 4.98 Å². The van der Waals surface area contributed by atoms with Gasteiger partial charge in [0.25, 0.3) is 0 Å². The summed E-state index contributed by atoms with van der Waals surface area (Å²) < 4.78 is 0. The highest BCUT2D eigenvalue weighted by Crippen LogP contribution is 2.28. The van der Waals surface area contributed by atoms with Crippen molar-refractivity contribution >= 4 is 22.6 Å². The smallest absolute Gasteiger partial charge is 0.102 e. The summed E-state index contributed by atoms with van der Waals surface area (Å²) >= 11 is 1.52. The summed E-state index contributed by atoms with van der Waals surface area (Å²) in [6.45, 7) is 3.84. The Hall–Kier alpha value is -2.12. The van der Waals surface area contributed by atoms with Gasteiger partial charge in [0, 0.05) is 0 Å². The van der Waals surface area contributed by atoms with Gasteiger partial charge in [0.05, 0.1) is 26.8 Å². The zero-order valence-electron chi connectivity index (χ0n) is 10.3. The number of aromatic nitrogens is 1. The minimum Gasteiger partial charge on any atom is -0.396 e. The predicted molar refractivity (Wildman–Crippen MR) is 74.6 cm³/mol. The van der Waals surface area contributed by atoms with Crippen LogP contribution in [0.15, 0.2) is 30.3 Å². The lowest BCUT2D eigenvalue weighted by Crippen LogP contribution is -2.00. The van der Waals surface area contributed by atoms with Gasteiger partial charge in [-0.15, -0.1) is 11.3 Å². The topological polar surface area (TPSA) is 62.7 Å². The number of allylic oxidation sites excluding steroid dienone is 1. The van der Waals surface area contributed by atoms with Crippen LogP contribution >= 0.6 is 11.3 Å². The number of thiazole rings is 1. The second-order valence-electron chi connectivity index (χ2n) is 3.91. The van der Waals surface area contributed by atoms with Crippen LogP contribution in [0.4, 0.5) is 0 Å². The molecule has 3 nitrogen and oxygen atoms in total. The Kier molecular flexibility index (Phi) is 3.45. The van der Waals surface area contributed by atoms with Crippen molar-refractivity contribution in [3.63, 3.8) is 0 Å². The minimum absolute atomic E-state index is 0.502. The fourth-order valence-electron chi connectivity index (χ4n) is 1.78. The molecule has 0 radical (unpaired) electrons. The maximum atomic E-state index is 9.31. The third-order valence-electron chi connectivity index (χ3n) is 2.59. The molecule has 18 heavy (non-hydrogen) atoms. The monoisotopic (exact) mass is 255 g/mol. The van der Waals surface area contributed by atoms with Crippen molar-refractivity contribution < 1.29 is 0 Å². The molecule has 0 spiro atoms. The van der Waals surface area contributed by atoms with E-state index in [1.54, 1.807) is 0 Å². The summed E-state index contributed by atoms with van der Waals surface area (Å²) in [6, 6.07) is 11.7. The zero-order valence-corrected chi connectivity index (χ0v) is 11.1. The van der Waals surface area contributed by atoms with Gasteiger partial charge in [-0.05, 0) is 19.4 Å². The SMILES string of the molecule is Cc1nc(C)c(/C(N)=C(/C#N)c2ccccc2)s1. The van der Waals surface area contributed by atoms with Crippen molar-refractivity contribution in [3.8, 4) is 6.07 Å². The van der Waals surface area contributed by atoms with Crippen molar-refractivity contribution in [3.05, 3.63) is 51.5 Å². The first kappa shape index (κ1) is 12.3. The average molecular weight is 255 g/mol. The molecule has 0 saturated heterocycles. The van der Waals surface area contributed by atoms with Crippen molar-refractivity contribution in [1.29, 1.82) is 5.26 Å². The lowest BCUT2D eigenvalue weighted by atomic mass is 10.0. The van der Waals surface area contributed by atoms with E-state index in [1.165, 1.54) is 11.3 Å². The average Bonchev–Trinajstić information content (AvgIpc) is 2.70. The molecule has 2 rings (SSSR count). The van der Waals surface area contributed by atoms with E-state index >= 15 is 0 Å². The Morgan fingerprint density at radius 2 is 1.94 bits per heavy atom. The quantitative estimate of drug-likeness (QED) is 0.839. The first-order valence-electron chi connectivity index (χ1n) is 5.53. The van der Waals surface area contributed by atoms with Gasteiger partial charge in [-0.25, -0.2) is 4.98 Å². The Labute approximate surface area is 110 Å². The van der Waals surface area contributed by atoms with Crippen molar-refractivity contribution in [2.45, 2.75) is 13.8 Å². The molecule has 2 aromatic rings. The Bertz CT molecular complexity index is 633. The summed E-state index contributed by atoms with van der Waals surface area (Å²) in [7, 11) is 0. The number of hydrogen-bond donors (Lipinski definition) is 1. The number of benzene rings is 1. The molecule has 0 fully saturated rings. The van der Waals surface area contributed by atoms with Gasteiger partial charge in [-0.1, -0.05) is 30.3 Å². The molecular formula is C14H13N3S. The van der Waals surface area contributed by atoms with Crippen LogP contribution in [0.1, 0.15) is 21.1 Å². The third kappa shape index (κ3) is 2.27. The van der Waals surface area contributed by atoms with E-state index in [1.807, 2.05) is 44.2 Å². The first-order chi connectivity index (χ1) is 8.63. The van der Waals surface area contributed by atoms with Crippen LogP contribution in [-0.2, 0) is 0 Å². The fourth-order valence-corrected chi connectivity index (χ4v) is 2.66. The largest absolute Gasteiger partial charge is 0.396 e. The van der Waals surface area contributed by atoms with Gasteiger partial charge in [0.15, 0.2) is 0 Å². The number of nitrogens with two attached hydrogens (primary N) is 1. The molecule has 0 amide bonds. The molecule has 0 aliphatic rings. The molecule has 0 aliphatic carbocycles. The van der Waals surface area contributed by atoms with Gasteiger partial charge >= 0.3 is 0 Å². The molecule has 0 unspecified atom stereocenters. The second-order valence-corrected chi connectivity index (χ2v) is 5.12. The van der Waals surface area contributed by atoms with Crippen molar-refractivity contribution in [2.75, 3.05) is 0 Å². The van der Waals surface area contributed by atoms with Crippen LogP contribution in [0.3, 0.4) is 0 Å². The highest BCUT2D eigenvalue weighted by Gasteiger charge is 2.13. The number of nitrogens with zero attached hydrogens (tertiary/aromatic N) is 2. The Balaban J connectivity index is 2.58. The summed E-state index contributed by atoms with van der Waals surface area (Å²) in [5.41, 5.74) is 8.84. The number of hydrogen-bond acceptors (Lipinski definition) is 4. The van der Waals surface area contributed by atoms with Crippen molar-refractivity contribution in [1.82, 2.24) is 4.98 Å². The number of rotatable bonds is 2. The summed E-state index contributed by atoms with van der Waals surface area (Å²) in [5, 5.41) is 10.3. The standard InChI is InChI=1S/C14H13N3S/c1-9-14(18-10(2)17-9)13(16)12(8-15)11-6-4-3-5-7-11/h3-7H,16H2,1-2H3/b13-12+. The second kappa shape index (κ2) is 5.03. The van der Waals surface area contributed by atoms with E-state index in [-0.39, 0.29) is 0 Å². The van der Waals surface area contributed by atoms with E-state index < -0.39 is 0 Å². The van der Waals surface area contributed by atoms with E-state index in [9.17, 15) is 5.26 Å². The molecule has 90 valence electrons. The summed E-state index contributed by atoms with van der Waals surface area (Å²) in [5.74, 6) is 0. The van der Waals surface area contributed by atoms with Crippen LogP contribution in [0.25, 0.3) is 11.3 Å². The molecule has 0 saturated carbocycles. The molecule has 4 heteroatoms. The van der Waals surface area contributed by atoms with Crippen LogP contribution in [0.2, 0.25) is 0 Å². The van der Waals surface area contributed by atoms with Gasteiger partial charge in [0.2, 0.25) is 0 Å². The highest BCUT2D eigenvalue weighted by atomic mass is 32.1. The lowest BCUT2D eigenvalue weighted by Gasteiger charge is -2.04. The van der Waals surface area contributed by atoms with Crippen LogP contribution in [0.5, 0.6) is 0 Å². The molecule has 0 aliphatic heterocycles. The van der Waals surface area contributed by atoms with Gasteiger partial charge in [-0.3, -0.25) is 0 Å². The molecular weight excluding hydrogens is 242 g/mol. The molecule has 1 aromatic carbocycles. The molecule has 0 bridgehead atoms. The summed E-state index contributed by atoms with van der Waals surface area (Å²) in [6.07, 6.45) is 0. The zero-order chi connectivity index (χ0) is 13.1. The molecule has 1 aromatic heterocycles.